The number of hydrogen-bond donors (Lipinski definition) is 2. The van der Waals surface area contributed by atoms with Crippen LogP contribution in [0.1, 0.15) is 27.2 Å². The van der Waals surface area contributed by atoms with Crippen molar-refractivity contribution in [2.24, 2.45) is 11.8 Å². The number of piperidine rings is 1. The molecule has 1 fully saturated rings. The van der Waals surface area contributed by atoms with E-state index in [0.29, 0.717) is 11.8 Å². The summed E-state index contributed by atoms with van der Waals surface area (Å²) >= 11 is 0. The fraction of sp³-hybridized carbons (Fsp3) is 0.917. The van der Waals surface area contributed by atoms with Crippen LogP contribution in [0, 0.1) is 11.8 Å². The van der Waals surface area contributed by atoms with Gasteiger partial charge in [-0.3, -0.25) is 4.79 Å². The highest BCUT2D eigenvalue weighted by molar-refractivity contribution is 5.77. The molecule has 2 unspecified atom stereocenters. The van der Waals surface area contributed by atoms with Crippen molar-refractivity contribution in [2.45, 2.75) is 33.3 Å². The van der Waals surface area contributed by atoms with Gasteiger partial charge in [-0.05, 0) is 24.8 Å². The molecule has 0 radical (unpaired) electrons. The van der Waals surface area contributed by atoms with Crippen LogP contribution >= 0.6 is 0 Å². The lowest BCUT2D eigenvalue weighted by Gasteiger charge is -2.29. The Balaban J connectivity index is 2.15. The topological polar surface area (TPSA) is 50.4 Å². The molecule has 1 saturated heterocycles. The summed E-state index contributed by atoms with van der Waals surface area (Å²) in [6.45, 7) is 9.16. The van der Waals surface area contributed by atoms with Crippen molar-refractivity contribution in [3.05, 3.63) is 0 Å². The molecule has 1 rings (SSSR count). The van der Waals surface area contributed by atoms with Gasteiger partial charge in [0.25, 0.3) is 0 Å². The van der Waals surface area contributed by atoms with Crippen LogP contribution in [0.3, 0.4) is 0 Å². The molecular weight excluding hydrogens is 204 g/mol. The van der Waals surface area contributed by atoms with Gasteiger partial charge in [-0.1, -0.05) is 20.8 Å². The molecule has 0 aromatic heterocycles. The Kier molecular flexibility index (Phi) is 5.77. The molecule has 0 aromatic carbocycles. The maximum atomic E-state index is 11.4. The number of nitrogens with one attached hydrogen (secondary N) is 2. The zero-order valence-electron chi connectivity index (χ0n) is 10.6. The van der Waals surface area contributed by atoms with Crippen LogP contribution in [0.15, 0.2) is 0 Å². The molecule has 2 N–H and O–H groups in total. The van der Waals surface area contributed by atoms with Gasteiger partial charge in [0.2, 0.25) is 5.91 Å². The van der Waals surface area contributed by atoms with Crippen LogP contribution < -0.4 is 10.6 Å². The SMILES string of the molecule is CC(C)CNC(=O)COC1CNCCC1C. The van der Waals surface area contributed by atoms with Gasteiger partial charge in [0.1, 0.15) is 6.61 Å². The predicted molar refractivity (Wildman–Crippen MR) is 64.2 cm³/mol. The lowest BCUT2D eigenvalue weighted by molar-refractivity contribution is -0.129. The van der Waals surface area contributed by atoms with Gasteiger partial charge < -0.3 is 15.4 Å². The fourth-order valence-electron chi connectivity index (χ4n) is 1.74. The van der Waals surface area contributed by atoms with Crippen LogP contribution in [0.25, 0.3) is 0 Å². The third-order valence-corrected chi connectivity index (χ3v) is 2.89. The van der Waals surface area contributed by atoms with Gasteiger partial charge in [0.15, 0.2) is 0 Å². The minimum atomic E-state index is -0.00789. The minimum Gasteiger partial charge on any atom is -0.367 e. The van der Waals surface area contributed by atoms with Crippen molar-refractivity contribution < 1.29 is 9.53 Å². The van der Waals surface area contributed by atoms with Crippen molar-refractivity contribution in [1.82, 2.24) is 10.6 Å². The van der Waals surface area contributed by atoms with Crippen LogP contribution in [-0.4, -0.2) is 38.3 Å². The second-order valence-corrected chi connectivity index (χ2v) is 5.02. The van der Waals surface area contributed by atoms with Crippen molar-refractivity contribution >= 4 is 5.91 Å². The Morgan fingerprint density at radius 3 is 2.94 bits per heavy atom. The zero-order valence-corrected chi connectivity index (χ0v) is 10.6. The van der Waals surface area contributed by atoms with E-state index in [1.165, 1.54) is 0 Å². The molecule has 2 atom stereocenters. The quantitative estimate of drug-likeness (QED) is 0.731. The Bertz CT molecular complexity index is 219. The minimum absolute atomic E-state index is 0.00789. The third kappa shape index (κ3) is 4.94. The predicted octanol–water partition coefficient (Wildman–Crippen LogP) is 0.773. The number of ether oxygens (including phenoxy) is 1. The molecule has 1 heterocycles. The Morgan fingerprint density at radius 2 is 2.31 bits per heavy atom. The van der Waals surface area contributed by atoms with E-state index >= 15 is 0 Å². The first-order valence-electron chi connectivity index (χ1n) is 6.18. The number of amides is 1. The van der Waals surface area contributed by atoms with E-state index in [4.69, 9.17) is 4.74 Å². The summed E-state index contributed by atoms with van der Waals surface area (Å²) in [7, 11) is 0. The number of carbonyl (C=O) groups excluding carboxylic acids is 1. The van der Waals surface area contributed by atoms with Gasteiger partial charge in [-0.2, -0.15) is 0 Å². The van der Waals surface area contributed by atoms with Crippen molar-refractivity contribution in [3.8, 4) is 0 Å². The molecule has 0 spiro atoms. The highest BCUT2D eigenvalue weighted by atomic mass is 16.5. The normalized spacial score (nSPS) is 25.8. The van der Waals surface area contributed by atoms with E-state index in [2.05, 4.69) is 31.4 Å². The Hall–Kier alpha value is -0.610. The van der Waals surface area contributed by atoms with Crippen molar-refractivity contribution in [2.75, 3.05) is 26.2 Å². The average molecular weight is 228 g/mol. The molecule has 1 amide bonds. The molecule has 4 nitrogen and oxygen atoms in total. The van der Waals surface area contributed by atoms with Gasteiger partial charge in [0.05, 0.1) is 6.10 Å². The number of rotatable bonds is 5. The van der Waals surface area contributed by atoms with E-state index in [0.717, 1.165) is 26.1 Å². The third-order valence-electron chi connectivity index (χ3n) is 2.89. The van der Waals surface area contributed by atoms with E-state index in [9.17, 15) is 4.79 Å². The monoisotopic (exact) mass is 228 g/mol. The average Bonchev–Trinajstić information content (AvgIpc) is 2.25. The Morgan fingerprint density at radius 1 is 1.56 bits per heavy atom. The molecule has 16 heavy (non-hydrogen) atoms. The van der Waals surface area contributed by atoms with Crippen molar-refractivity contribution in [1.29, 1.82) is 0 Å². The molecule has 0 saturated carbocycles. The molecule has 1 aliphatic rings. The van der Waals surface area contributed by atoms with Crippen LogP contribution in [0.4, 0.5) is 0 Å². The van der Waals surface area contributed by atoms with Crippen LogP contribution in [0.2, 0.25) is 0 Å². The van der Waals surface area contributed by atoms with E-state index in [1.54, 1.807) is 0 Å². The Labute approximate surface area is 98.1 Å². The summed E-state index contributed by atoms with van der Waals surface area (Å²) in [4.78, 5) is 11.4. The smallest absolute Gasteiger partial charge is 0.246 e. The molecule has 0 aromatic rings. The second kappa shape index (κ2) is 6.86. The number of hydrogen-bond acceptors (Lipinski definition) is 3. The molecule has 94 valence electrons. The lowest BCUT2D eigenvalue weighted by atomic mass is 9.97. The summed E-state index contributed by atoms with van der Waals surface area (Å²) < 4.78 is 5.61. The maximum absolute atomic E-state index is 11.4. The van der Waals surface area contributed by atoms with E-state index in [-0.39, 0.29) is 18.6 Å². The first-order chi connectivity index (χ1) is 7.59. The summed E-state index contributed by atoms with van der Waals surface area (Å²) in [5, 5.41) is 6.13. The first kappa shape index (κ1) is 13.5. The van der Waals surface area contributed by atoms with Crippen LogP contribution in [0.5, 0.6) is 0 Å². The fourth-order valence-corrected chi connectivity index (χ4v) is 1.74. The van der Waals surface area contributed by atoms with Gasteiger partial charge in [-0.25, -0.2) is 0 Å². The standard InChI is InChI=1S/C12H24N2O2/c1-9(2)6-14-12(15)8-16-11-7-13-5-4-10(11)3/h9-11,13H,4-8H2,1-3H3,(H,14,15). The second-order valence-electron chi connectivity index (χ2n) is 5.02. The van der Waals surface area contributed by atoms with E-state index < -0.39 is 0 Å². The van der Waals surface area contributed by atoms with E-state index in [1.807, 2.05) is 0 Å². The van der Waals surface area contributed by atoms with Crippen molar-refractivity contribution in [3.63, 3.8) is 0 Å². The molecule has 4 heteroatoms. The molecular formula is C12H24N2O2. The van der Waals surface area contributed by atoms with Gasteiger partial charge in [0, 0.05) is 13.1 Å². The molecule has 1 aliphatic heterocycles. The largest absolute Gasteiger partial charge is 0.367 e. The van der Waals surface area contributed by atoms with Gasteiger partial charge >= 0.3 is 0 Å². The summed E-state index contributed by atoms with van der Waals surface area (Å²) in [6.07, 6.45) is 1.30. The van der Waals surface area contributed by atoms with Gasteiger partial charge in [-0.15, -0.1) is 0 Å². The maximum Gasteiger partial charge on any atom is 0.246 e. The molecule has 0 aliphatic carbocycles. The number of carbonyl (C=O) groups is 1. The lowest BCUT2D eigenvalue weighted by Crippen LogP contribution is -2.43. The highest BCUT2D eigenvalue weighted by Crippen LogP contribution is 2.14. The summed E-state index contributed by atoms with van der Waals surface area (Å²) in [5.41, 5.74) is 0. The molecule has 0 bridgehead atoms. The zero-order chi connectivity index (χ0) is 12.0. The van der Waals surface area contributed by atoms with Crippen LogP contribution in [-0.2, 0) is 9.53 Å². The first-order valence-corrected chi connectivity index (χ1v) is 6.18. The summed E-state index contributed by atoms with van der Waals surface area (Å²) in [5.74, 6) is 1.02. The summed E-state index contributed by atoms with van der Waals surface area (Å²) in [6, 6.07) is 0. The highest BCUT2D eigenvalue weighted by Gasteiger charge is 2.22.